The van der Waals surface area contributed by atoms with Crippen molar-refractivity contribution in [2.24, 2.45) is 0 Å². The Labute approximate surface area is 143 Å². The number of carbonyl (C=O) groups excluding carboxylic acids is 1. The Bertz CT molecular complexity index is 946. The average Bonchev–Trinajstić information content (AvgIpc) is 2.65. The monoisotopic (exact) mass is 337 g/mol. The van der Waals surface area contributed by atoms with Crippen molar-refractivity contribution in [3.05, 3.63) is 81.9 Å². The standard InChI is InChI=1S/C19H15NO5/c1-24-18-10-9-15(20(22)23)11-17(18)19(21)25-12-14-7-4-6-13-5-2-3-8-16(13)14/h2-11H,12H2,1H3. The number of hydrogen-bond donors (Lipinski definition) is 0. The van der Waals surface area contributed by atoms with E-state index in [9.17, 15) is 14.9 Å². The molecule has 0 atom stereocenters. The van der Waals surface area contributed by atoms with Crippen LogP contribution in [0.4, 0.5) is 5.69 Å². The smallest absolute Gasteiger partial charge is 0.342 e. The zero-order chi connectivity index (χ0) is 17.8. The molecule has 0 fully saturated rings. The van der Waals surface area contributed by atoms with Crippen LogP contribution >= 0.6 is 0 Å². The normalized spacial score (nSPS) is 10.4. The maximum Gasteiger partial charge on any atom is 0.342 e. The van der Waals surface area contributed by atoms with E-state index in [2.05, 4.69) is 0 Å². The van der Waals surface area contributed by atoms with Crippen molar-refractivity contribution in [2.45, 2.75) is 6.61 Å². The number of esters is 1. The molecule has 0 spiro atoms. The van der Waals surface area contributed by atoms with E-state index in [0.717, 1.165) is 22.4 Å². The van der Waals surface area contributed by atoms with Crippen LogP contribution in [0, 0.1) is 10.1 Å². The van der Waals surface area contributed by atoms with Crippen molar-refractivity contribution in [1.82, 2.24) is 0 Å². The van der Waals surface area contributed by atoms with E-state index in [1.807, 2.05) is 42.5 Å². The van der Waals surface area contributed by atoms with E-state index in [-0.39, 0.29) is 23.6 Å². The minimum Gasteiger partial charge on any atom is -0.496 e. The number of benzene rings is 3. The fraction of sp³-hybridized carbons (Fsp3) is 0.105. The molecule has 126 valence electrons. The van der Waals surface area contributed by atoms with Crippen molar-refractivity contribution >= 4 is 22.4 Å². The lowest BCUT2D eigenvalue weighted by atomic mass is 10.1. The van der Waals surface area contributed by atoms with Gasteiger partial charge in [0.05, 0.1) is 12.0 Å². The third-order valence-electron chi connectivity index (χ3n) is 3.85. The van der Waals surface area contributed by atoms with Crippen LogP contribution in [0.15, 0.2) is 60.7 Å². The van der Waals surface area contributed by atoms with Gasteiger partial charge in [0.1, 0.15) is 17.9 Å². The molecule has 3 aromatic rings. The zero-order valence-corrected chi connectivity index (χ0v) is 13.5. The van der Waals surface area contributed by atoms with E-state index in [0.29, 0.717) is 0 Å². The molecule has 0 amide bonds. The molecule has 0 heterocycles. The van der Waals surface area contributed by atoms with Crippen LogP contribution in [0.5, 0.6) is 5.75 Å². The number of hydrogen-bond acceptors (Lipinski definition) is 5. The topological polar surface area (TPSA) is 78.7 Å². The van der Waals surface area contributed by atoms with Crippen molar-refractivity contribution < 1.29 is 19.2 Å². The number of non-ortho nitro benzene ring substituents is 1. The number of ether oxygens (including phenoxy) is 2. The van der Waals surface area contributed by atoms with Gasteiger partial charge in [-0.1, -0.05) is 42.5 Å². The molecule has 0 bridgehead atoms. The van der Waals surface area contributed by atoms with E-state index in [1.165, 1.54) is 19.2 Å². The summed E-state index contributed by atoms with van der Waals surface area (Å²) in [7, 11) is 1.39. The maximum absolute atomic E-state index is 12.4. The van der Waals surface area contributed by atoms with Gasteiger partial charge in [0, 0.05) is 12.1 Å². The number of nitro groups is 1. The maximum atomic E-state index is 12.4. The van der Waals surface area contributed by atoms with E-state index >= 15 is 0 Å². The molecule has 0 unspecified atom stereocenters. The Kier molecular flexibility index (Phi) is 4.61. The molecule has 3 aromatic carbocycles. The van der Waals surface area contributed by atoms with E-state index in [4.69, 9.17) is 9.47 Å². The Balaban J connectivity index is 1.85. The first-order valence-electron chi connectivity index (χ1n) is 7.56. The third-order valence-corrected chi connectivity index (χ3v) is 3.85. The summed E-state index contributed by atoms with van der Waals surface area (Å²) >= 11 is 0. The molecule has 0 aliphatic rings. The molecule has 0 aliphatic carbocycles. The van der Waals surface area contributed by atoms with Crippen LogP contribution in [0.1, 0.15) is 15.9 Å². The first-order valence-corrected chi connectivity index (χ1v) is 7.56. The number of rotatable bonds is 5. The summed E-state index contributed by atoms with van der Waals surface area (Å²) in [6.45, 7) is 0.0615. The molecule has 6 nitrogen and oxygen atoms in total. The second kappa shape index (κ2) is 7.00. The number of nitrogens with zero attached hydrogens (tertiary/aromatic N) is 1. The van der Waals surface area contributed by atoms with Crippen LogP contribution in [-0.4, -0.2) is 18.0 Å². The van der Waals surface area contributed by atoms with Gasteiger partial charge >= 0.3 is 5.97 Å². The van der Waals surface area contributed by atoms with Gasteiger partial charge in [0.15, 0.2) is 0 Å². The molecule has 3 rings (SSSR count). The summed E-state index contributed by atoms with van der Waals surface area (Å²) in [6.07, 6.45) is 0. The Morgan fingerprint density at radius 2 is 1.84 bits per heavy atom. The molecule has 25 heavy (non-hydrogen) atoms. The highest BCUT2D eigenvalue weighted by atomic mass is 16.6. The van der Waals surface area contributed by atoms with Crippen LogP contribution in [0.3, 0.4) is 0 Å². The minimum absolute atomic E-state index is 0.0249. The van der Waals surface area contributed by atoms with Crippen molar-refractivity contribution in [1.29, 1.82) is 0 Å². The highest BCUT2D eigenvalue weighted by Crippen LogP contribution is 2.26. The van der Waals surface area contributed by atoms with Gasteiger partial charge < -0.3 is 9.47 Å². The lowest BCUT2D eigenvalue weighted by Gasteiger charge is -2.10. The fourth-order valence-corrected chi connectivity index (χ4v) is 2.61. The number of fused-ring (bicyclic) bond motifs is 1. The van der Waals surface area contributed by atoms with Crippen LogP contribution in [-0.2, 0) is 11.3 Å². The highest BCUT2D eigenvalue weighted by Gasteiger charge is 2.19. The van der Waals surface area contributed by atoms with Gasteiger partial charge in [-0.15, -0.1) is 0 Å². The molecule has 6 heteroatoms. The molecule has 0 saturated heterocycles. The molecular weight excluding hydrogens is 322 g/mol. The molecule has 0 saturated carbocycles. The SMILES string of the molecule is COc1ccc([N+](=O)[O-])cc1C(=O)OCc1cccc2ccccc12. The van der Waals surface area contributed by atoms with Crippen molar-refractivity contribution in [3.63, 3.8) is 0 Å². The number of nitro benzene ring substituents is 1. The Hall–Kier alpha value is -3.41. The Morgan fingerprint density at radius 1 is 1.08 bits per heavy atom. The number of methoxy groups -OCH3 is 1. The van der Waals surface area contributed by atoms with E-state index in [1.54, 1.807) is 0 Å². The van der Waals surface area contributed by atoms with Crippen LogP contribution < -0.4 is 4.74 Å². The summed E-state index contributed by atoms with van der Waals surface area (Å²) in [6, 6.07) is 17.3. The quantitative estimate of drug-likeness (QED) is 0.398. The predicted molar refractivity (Wildman–Crippen MR) is 92.7 cm³/mol. The first-order chi connectivity index (χ1) is 12.1. The van der Waals surface area contributed by atoms with Crippen molar-refractivity contribution in [3.8, 4) is 5.75 Å². The molecule has 0 aliphatic heterocycles. The van der Waals surface area contributed by atoms with Gasteiger partial charge in [0.2, 0.25) is 0 Å². The lowest BCUT2D eigenvalue weighted by Crippen LogP contribution is -2.08. The summed E-state index contributed by atoms with van der Waals surface area (Å²) < 4.78 is 10.5. The van der Waals surface area contributed by atoms with Crippen molar-refractivity contribution in [2.75, 3.05) is 7.11 Å². The molecule has 0 N–H and O–H groups in total. The van der Waals surface area contributed by atoms with Gasteiger partial charge in [-0.25, -0.2) is 4.79 Å². The zero-order valence-electron chi connectivity index (χ0n) is 13.5. The lowest BCUT2D eigenvalue weighted by molar-refractivity contribution is -0.384. The van der Waals surface area contributed by atoms with Gasteiger partial charge in [-0.2, -0.15) is 0 Å². The van der Waals surface area contributed by atoms with E-state index < -0.39 is 10.9 Å². The molecular formula is C19H15NO5. The van der Waals surface area contributed by atoms with Gasteiger partial charge in [-0.05, 0) is 22.4 Å². The second-order valence-corrected chi connectivity index (χ2v) is 5.36. The highest BCUT2D eigenvalue weighted by molar-refractivity contribution is 5.93. The molecule has 0 radical (unpaired) electrons. The third kappa shape index (κ3) is 3.42. The Morgan fingerprint density at radius 3 is 2.60 bits per heavy atom. The predicted octanol–water partition coefficient (Wildman–Crippen LogP) is 4.11. The fourth-order valence-electron chi connectivity index (χ4n) is 2.61. The van der Waals surface area contributed by atoms with Gasteiger partial charge in [0.25, 0.3) is 5.69 Å². The number of carbonyl (C=O) groups is 1. The summed E-state index contributed by atoms with van der Waals surface area (Å²) in [5, 5.41) is 12.9. The first kappa shape index (κ1) is 16.4. The summed E-state index contributed by atoms with van der Waals surface area (Å²) in [4.78, 5) is 22.7. The summed E-state index contributed by atoms with van der Waals surface area (Å²) in [5.41, 5.74) is 0.686. The van der Waals surface area contributed by atoms with Gasteiger partial charge in [-0.3, -0.25) is 10.1 Å². The van der Waals surface area contributed by atoms with Crippen LogP contribution in [0.2, 0.25) is 0 Å². The molecule has 0 aromatic heterocycles. The summed E-state index contributed by atoms with van der Waals surface area (Å²) in [5.74, 6) is -0.443. The second-order valence-electron chi connectivity index (χ2n) is 5.36. The van der Waals surface area contributed by atoms with Crippen LogP contribution in [0.25, 0.3) is 10.8 Å². The average molecular weight is 337 g/mol. The largest absolute Gasteiger partial charge is 0.496 e. The minimum atomic E-state index is -0.673.